The fraction of sp³-hybridized carbons (Fsp3) is 0.417. The lowest BCUT2D eigenvalue weighted by Crippen LogP contribution is -2.51. The standard InChI is InChI=1S/C24H27FN4O4/c25-20-5-1-4-19(13-20)24(14-21(31)28-9-7-27(8-10-28)11-12-30)15-22(32)29(23(24)33)17-18-3-2-6-26-16-18/h1-6,13,16,30H,7-12,14-15,17H2/t24-/m1/s1. The number of hydrogen-bond donors (Lipinski definition) is 1. The third kappa shape index (κ3) is 4.79. The van der Waals surface area contributed by atoms with Gasteiger partial charge in [0.25, 0.3) is 0 Å². The van der Waals surface area contributed by atoms with Gasteiger partial charge in [0, 0.05) is 58.0 Å². The molecule has 0 radical (unpaired) electrons. The molecule has 2 aromatic rings. The Morgan fingerprint density at radius 3 is 2.58 bits per heavy atom. The molecule has 1 aromatic carbocycles. The molecule has 33 heavy (non-hydrogen) atoms. The van der Waals surface area contributed by atoms with Crippen molar-refractivity contribution in [1.82, 2.24) is 19.7 Å². The quantitative estimate of drug-likeness (QED) is 0.626. The summed E-state index contributed by atoms with van der Waals surface area (Å²) in [6.07, 6.45) is 2.79. The number of aliphatic hydroxyl groups excluding tert-OH is 1. The van der Waals surface area contributed by atoms with Gasteiger partial charge in [-0.25, -0.2) is 4.39 Å². The third-order valence-corrected chi connectivity index (χ3v) is 6.44. The van der Waals surface area contributed by atoms with Crippen LogP contribution in [0.4, 0.5) is 4.39 Å². The first kappa shape index (κ1) is 23.0. The van der Waals surface area contributed by atoms with Crippen LogP contribution < -0.4 is 0 Å². The highest BCUT2D eigenvalue weighted by molar-refractivity contribution is 6.10. The zero-order valence-electron chi connectivity index (χ0n) is 18.3. The van der Waals surface area contributed by atoms with Crippen LogP contribution in [0.3, 0.4) is 0 Å². The second-order valence-corrected chi connectivity index (χ2v) is 8.54. The Labute approximate surface area is 191 Å². The van der Waals surface area contributed by atoms with Crippen molar-refractivity contribution in [3.05, 3.63) is 65.7 Å². The smallest absolute Gasteiger partial charge is 0.241 e. The van der Waals surface area contributed by atoms with Crippen molar-refractivity contribution in [2.24, 2.45) is 0 Å². The molecular formula is C24H27FN4O4. The van der Waals surface area contributed by atoms with Gasteiger partial charge in [0.1, 0.15) is 5.82 Å². The molecule has 2 aliphatic heterocycles. The lowest BCUT2D eigenvalue weighted by Gasteiger charge is -2.36. The fourth-order valence-electron chi connectivity index (χ4n) is 4.62. The van der Waals surface area contributed by atoms with E-state index in [1.807, 2.05) is 0 Å². The second kappa shape index (κ2) is 9.76. The van der Waals surface area contributed by atoms with Crippen molar-refractivity contribution >= 4 is 17.7 Å². The van der Waals surface area contributed by atoms with E-state index < -0.39 is 23.0 Å². The minimum absolute atomic E-state index is 0.0522. The summed E-state index contributed by atoms with van der Waals surface area (Å²) in [7, 11) is 0. The summed E-state index contributed by atoms with van der Waals surface area (Å²) in [5.41, 5.74) is -0.414. The molecule has 0 aliphatic carbocycles. The lowest BCUT2D eigenvalue weighted by molar-refractivity contribution is -0.143. The number of hydrogen-bond acceptors (Lipinski definition) is 6. The molecule has 0 saturated carbocycles. The molecule has 174 valence electrons. The molecule has 1 atom stereocenters. The number of carbonyl (C=O) groups excluding carboxylic acids is 3. The van der Waals surface area contributed by atoms with Gasteiger partial charge in [-0.05, 0) is 29.3 Å². The maximum atomic E-state index is 14.1. The molecule has 2 fully saturated rings. The van der Waals surface area contributed by atoms with Crippen molar-refractivity contribution < 1.29 is 23.9 Å². The van der Waals surface area contributed by atoms with E-state index in [-0.39, 0.29) is 31.9 Å². The van der Waals surface area contributed by atoms with E-state index in [4.69, 9.17) is 5.11 Å². The largest absolute Gasteiger partial charge is 0.395 e. The normalized spacial score (nSPS) is 21.6. The molecule has 0 unspecified atom stereocenters. The molecule has 0 spiro atoms. The van der Waals surface area contributed by atoms with E-state index in [0.29, 0.717) is 43.9 Å². The van der Waals surface area contributed by atoms with E-state index in [1.165, 1.54) is 18.2 Å². The van der Waals surface area contributed by atoms with Gasteiger partial charge in [0.2, 0.25) is 17.7 Å². The zero-order chi connectivity index (χ0) is 23.4. The van der Waals surface area contributed by atoms with Crippen LogP contribution in [0, 0.1) is 5.82 Å². The number of carbonyl (C=O) groups is 3. The summed E-state index contributed by atoms with van der Waals surface area (Å²) >= 11 is 0. The number of aliphatic hydroxyl groups is 1. The average molecular weight is 455 g/mol. The summed E-state index contributed by atoms with van der Waals surface area (Å²) in [6.45, 7) is 2.85. The van der Waals surface area contributed by atoms with E-state index in [9.17, 15) is 18.8 Å². The first-order chi connectivity index (χ1) is 15.9. The van der Waals surface area contributed by atoms with Crippen LogP contribution >= 0.6 is 0 Å². The fourth-order valence-corrected chi connectivity index (χ4v) is 4.62. The molecule has 8 nitrogen and oxygen atoms in total. The van der Waals surface area contributed by atoms with Gasteiger partial charge in [0.15, 0.2) is 0 Å². The third-order valence-electron chi connectivity index (χ3n) is 6.44. The summed E-state index contributed by atoms with van der Waals surface area (Å²) in [5.74, 6) is -1.65. The monoisotopic (exact) mass is 454 g/mol. The van der Waals surface area contributed by atoms with Gasteiger partial charge in [-0.15, -0.1) is 0 Å². The summed E-state index contributed by atoms with van der Waals surface area (Å²) in [4.78, 5) is 48.8. The molecule has 3 amide bonds. The first-order valence-electron chi connectivity index (χ1n) is 11.0. The number of benzene rings is 1. The summed E-state index contributed by atoms with van der Waals surface area (Å²) in [5, 5.41) is 9.12. The number of imide groups is 1. The minimum Gasteiger partial charge on any atom is -0.395 e. The van der Waals surface area contributed by atoms with E-state index in [1.54, 1.807) is 35.5 Å². The number of aromatic nitrogens is 1. The van der Waals surface area contributed by atoms with Crippen molar-refractivity contribution in [1.29, 1.82) is 0 Å². The van der Waals surface area contributed by atoms with Crippen molar-refractivity contribution in [2.75, 3.05) is 39.3 Å². The molecule has 1 aromatic heterocycles. The number of piperazine rings is 1. The highest BCUT2D eigenvalue weighted by Gasteiger charge is 2.54. The Kier molecular flexibility index (Phi) is 6.80. The zero-order valence-corrected chi connectivity index (χ0v) is 18.3. The van der Waals surface area contributed by atoms with Gasteiger partial charge in [-0.2, -0.15) is 0 Å². The SMILES string of the molecule is O=C(C[C@]1(c2cccc(F)c2)CC(=O)N(Cc2cccnc2)C1=O)N1CCN(CCO)CC1. The Morgan fingerprint density at radius 1 is 1.12 bits per heavy atom. The number of rotatable bonds is 7. The minimum atomic E-state index is -1.44. The Hall–Kier alpha value is -3.17. The number of pyridine rings is 1. The number of likely N-dealkylation sites (tertiary alicyclic amines) is 1. The predicted molar refractivity (Wildman–Crippen MR) is 117 cm³/mol. The van der Waals surface area contributed by atoms with Crippen molar-refractivity contribution in [3.63, 3.8) is 0 Å². The van der Waals surface area contributed by atoms with Crippen molar-refractivity contribution in [2.45, 2.75) is 24.8 Å². The highest BCUT2D eigenvalue weighted by Crippen LogP contribution is 2.41. The van der Waals surface area contributed by atoms with Gasteiger partial charge < -0.3 is 10.0 Å². The summed E-state index contributed by atoms with van der Waals surface area (Å²) < 4.78 is 14.1. The number of halogens is 1. The maximum absolute atomic E-state index is 14.1. The van der Waals surface area contributed by atoms with Gasteiger partial charge in [-0.3, -0.25) is 29.2 Å². The summed E-state index contributed by atoms with van der Waals surface area (Å²) in [6, 6.07) is 9.10. The predicted octanol–water partition coefficient (Wildman–Crippen LogP) is 0.944. The van der Waals surface area contributed by atoms with E-state index in [0.717, 1.165) is 4.90 Å². The van der Waals surface area contributed by atoms with Crippen LogP contribution in [0.1, 0.15) is 24.0 Å². The molecule has 0 bridgehead atoms. The average Bonchev–Trinajstić information content (AvgIpc) is 3.05. The van der Waals surface area contributed by atoms with Gasteiger partial charge >= 0.3 is 0 Å². The lowest BCUT2D eigenvalue weighted by atomic mass is 9.75. The number of nitrogens with zero attached hydrogens (tertiary/aromatic N) is 4. The topological polar surface area (TPSA) is 94.0 Å². The number of amides is 3. The molecule has 2 saturated heterocycles. The molecule has 3 heterocycles. The first-order valence-corrected chi connectivity index (χ1v) is 11.0. The molecule has 4 rings (SSSR count). The Bertz CT molecular complexity index is 1030. The van der Waals surface area contributed by atoms with Crippen LogP contribution in [-0.4, -0.2) is 81.8 Å². The molecule has 2 aliphatic rings. The second-order valence-electron chi connectivity index (χ2n) is 8.54. The van der Waals surface area contributed by atoms with E-state index >= 15 is 0 Å². The van der Waals surface area contributed by atoms with Crippen LogP contribution in [0.15, 0.2) is 48.8 Å². The molecule has 1 N–H and O–H groups in total. The van der Waals surface area contributed by atoms with Gasteiger partial charge in [0.05, 0.1) is 18.6 Å². The van der Waals surface area contributed by atoms with E-state index in [2.05, 4.69) is 9.88 Å². The van der Waals surface area contributed by atoms with Crippen molar-refractivity contribution in [3.8, 4) is 0 Å². The highest BCUT2D eigenvalue weighted by atomic mass is 19.1. The number of β-amino-alcohol motifs (C(OH)–C–C–N with tert-alkyl or cyclic N) is 1. The van der Waals surface area contributed by atoms with Crippen LogP contribution in [-0.2, 0) is 26.3 Å². The maximum Gasteiger partial charge on any atom is 0.241 e. The Balaban J connectivity index is 1.60. The molecular weight excluding hydrogens is 427 g/mol. The molecule has 9 heteroatoms. The Morgan fingerprint density at radius 2 is 1.91 bits per heavy atom. The van der Waals surface area contributed by atoms with Crippen LogP contribution in [0.2, 0.25) is 0 Å². The van der Waals surface area contributed by atoms with Crippen LogP contribution in [0.25, 0.3) is 0 Å². The van der Waals surface area contributed by atoms with Gasteiger partial charge in [-0.1, -0.05) is 18.2 Å². The van der Waals surface area contributed by atoms with Crippen LogP contribution in [0.5, 0.6) is 0 Å².